The Kier molecular flexibility index (Phi) is 5.33. The van der Waals surface area contributed by atoms with Crippen LogP contribution in [-0.4, -0.2) is 44.2 Å². The van der Waals surface area contributed by atoms with E-state index in [1.54, 1.807) is 7.11 Å². The molecule has 0 bridgehead atoms. The molecule has 1 N–H and O–H groups in total. The zero-order valence-corrected chi connectivity index (χ0v) is 13.8. The van der Waals surface area contributed by atoms with Crippen LogP contribution < -0.4 is 10.1 Å². The summed E-state index contributed by atoms with van der Waals surface area (Å²) >= 11 is 0. The number of ether oxygens (including phenoxy) is 2. The molecule has 1 fully saturated rings. The van der Waals surface area contributed by atoms with Gasteiger partial charge in [0, 0.05) is 13.1 Å². The third-order valence-corrected chi connectivity index (χ3v) is 4.11. The zero-order chi connectivity index (χ0) is 16.8. The Bertz CT molecular complexity index is 669. The van der Waals surface area contributed by atoms with Crippen LogP contribution in [0.1, 0.15) is 11.6 Å². The van der Waals surface area contributed by atoms with Crippen molar-refractivity contribution in [2.45, 2.75) is 6.04 Å². The second-order valence-corrected chi connectivity index (χ2v) is 5.63. The Morgan fingerprint density at radius 3 is 2.46 bits per heavy atom. The van der Waals surface area contributed by atoms with E-state index in [1.165, 1.54) is 0 Å². The van der Waals surface area contributed by atoms with Crippen molar-refractivity contribution in [1.29, 1.82) is 0 Å². The summed E-state index contributed by atoms with van der Waals surface area (Å²) in [6.07, 6.45) is 0. The molecule has 0 saturated carbocycles. The van der Waals surface area contributed by atoms with Gasteiger partial charge in [-0.3, -0.25) is 4.79 Å². The first kappa shape index (κ1) is 16.3. The summed E-state index contributed by atoms with van der Waals surface area (Å²) < 4.78 is 10.8. The number of rotatable bonds is 5. The van der Waals surface area contributed by atoms with Crippen LogP contribution in [0.25, 0.3) is 0 Å². The Morgan fingerprint density at radius 1 is 1.08 bits per heavy atom. The summed E-state index contributed by atoms with van der Waals surface area (Å²) in [5, 5.41) is 3.35. The fraction of sp³-hybridized carbons (Fsp3) is 0.316. The molecular weight excluding hydrogens is 304 g/mol. The minimum absolute atomic E-state index is 0.0513. The summed E-state index contributed by atoms with van der Waals surface area (Å²) in [4.78, 5) is 14.9. The number of anilines is 1. The Labute approximate surface area is 142 Å². The minimum atomic E-state index is -0.458. The summed E-state index contributed by atoms with van der Waals surface area (Å²) in [6.45, 7) is 2.41. The molecule has 5 heteroatoms. The lowest BCUT2D eigenvalue weighted by Gasteiger charge is -2.31. The van der Waals surface area contributed by atoms with Crippen LogP contribution in [0.2, 0.25) is 0 Å². The van der Waals surface area contributed by atoms with Gasteiger partial charge in [-0.05, 0) is 17.7 Å². The Morgan fingerprint density at radius 2 is 1.75 bits per heavy atom. The van der Waals surface area contributed by atoms with Crippen LogP contribution in [0.4, 0.5) is 5.69 Å². The van der Waals surface area contributed by atoms with Gasteiger partial charge in [-0.15, -0.1) is 0 Å². The van der Waals surface area contributed by atoms with Crippen molar-refractivity contribution in [2.75, 3.05) is 38.7 Å². The quantitative estimate of drug-likeness (QED) is 0.918. The third-order valence-electron chi connectivity index (χ3n) is 4.11. The van der Waals surface area contributed by atoms with Gasteiger partial charge in [0.05, 0.1) is 26.0 Å². The van der Waals surface area contributed by atoms with Gasteiger partial charge >= 0.3 is 0 Å². The van der Waals surface area contributed by atoms with E-state index < -0.39 is 6.04 Å². The maximum Gasteiger partial charge on any atom is 0.249 e. The molecular formula is C19H22N2O3. The minimum Gasteiger partial charge on any atom is -0.495 e. The highest BCUT2D eigenvalue weighted by Gasteiger charge is 2.27. The van der Waals surface area contributed by atoms with E-state index in [9.17, 15) is 4.79 Å². The number of amides is 1. The summed E-state index contributed by atoms with van der Waals surface area (Å²) in [6, 6.07) is 16.9. The monoisotopic (exact) mass is 326 g/mol. The largest absolute Gasteiger partial charge is 0.495 e. The normalized spacial score (nSPS) is 15.6. The van der Waals surface area contributed by atoms with Crippen molar-refractivity contribution >= 4 is 11.6 Å². The van der Waals surface area contributed by atoms with Gasteiger partial charge in [-0.1, -0.05) is 42.5 Å². The molecule has 2 aromatic carbocycles. The fourth-order valence-electron chi connectivity index (χ4n) is 2.82. The molecule has 1 atom stereocenters. The summed E-state index contributed by atoms with van der Waals surface area (Å²) in [5.74, 6) is 0.767. The highest BCUT2D eigenvalue weighted by atomic mass is 16.5. The number of para-hydroxylation sites is 2. The maximum absolute atomic E-state index is 13.1. The van der Waals surface area contributed by atoms with E-state index in [4.69, 9.17) is 9.47 Å². The van der Waals surface area contributed by atoms with Crippen molar-refractivity contribution in [2.24, 2.45) is 0 Å². The second kappa shape index (κ2) is 7.84. The standard InChI is InChI=1S/C19H22N2O3/c1-23-17-10-6-5-9-16(17)20-18(15-7-3-2-4-8-15)19(22)21-11-13-24-14-12-21/h2-10,18,20H,11-14H2,1H3. The molecule has 1 heterocycles. The highest BCUT2D eigenvalue weighted by molar-refractivity contribution is 5.86. The van der Waals surface area contributed by atoms with E-state index in [0.29, 0.717) is 32.1 Å². The molecule has 1 amide bonds. The van der Waals surface area contributed by atoms with Crippen LogP contribution in [0.15, 0.2) is 54.6 Å². The van der Waals surface area contributed by atoms with Crippen LogP contribution in [0.5, 0.6) is 5.75 Å². The van der Waals surface area contributed by atoms with Gasteiger partial charge in [0.25, 0.3) is 0 Å². The lowest BCUT2D eigenvalue weighted by Crippen LogP contribution is -2.44. The molecule has 126 valence electrons. The number of morpholine rings is 1. The highest BCUT2D eigenvalue weighted by Crippen LogP contribution is 2.29. The van der Waals surface area contributed by atoms with Gasteiger partial charge in [-0.25, -0.2) is 0 Å². The van der Waals surface area contributed by atoms with Crippen molar-refractivity contribution < 1.29 is 14.3 Å². The first-order chi connectivity index (χ1) is 11.8. The Balaban J connectivity index is 1.89. The number of hydrogen-bond donors (Lipinski definition) is 1. The van der Waals surface area contributed by atoms with E-state index in [2.05, 4.69) is 5.32 Å². The lowest BCUT2D eigenvalue weighted by atomic mass is 10.0. The molecule has 0 spiro atoms. The van der Waals surface area contributed by atoms with E-state index in [1.807, 2.05) is 59.5 Å². The molecule has 1 unspecified atom stereocenters. The van der Waals surface area contributed by atoms with Gasteiger partial charge in [-0.2, -0.15) is 0 Å². The van der Waals surface area contributed by atoms with Crippen molar-refractivity contribution in [3.05, 3.63) is 60.2 Å². The lowest BCUT2D eigenvalue weighted by molar-refractivity contribution is -0.136. The molecule has 24 heavy (non-hydrogen) atoms. The first-order valence-electron chi connectivity index (χ1n) is 8.10. The van der Waals surface area contributed by atoms with Crippen molar-refractivity contribution in [1.82, 2.24) is 4.90 Å². The summed E-state index contributed by atoms with van der Waals surface area (Å²) in [5.41, 5.74) is 1.73. The first-order valence-corrected chi connectivity index (χ1v) is 8.10. The number of nitrogens with one attached hydrogen (secondary N) is 1. The predicted molar refractivity (Wildman–Crippen MR) is 93.2 cm³/mol. The topological polar surface area (TPSA) is 50.8 Å². The molecule has 1 aliphatic rings. The molecule has 0 radical (unpaired) electrons. The average Bonchev–Trinajstić information content (AvgIpc) is 2.67. The van der Waals surface area contributed by atoms with E-state index in [-0.39, 0.29) is 5.91 Å². The van der Waals surface area contributed by atoms with Gasteiger partial charge < -0.3 is 19.7 Å². The molecule has 0 aliphatic carbocycles. The van der Waals surface area contributed by atoms with E-state index in [0.717, 1.165) is 11.3 Å². The van der Waals surface area contributed by atoms with Crippen LogP contribution in [-0.2, 0) is 9.53 Å². The van der Waals surface area contributed by atoms with Gasteiger partial charge in [0.15, 0.2) is 0 Å². The second-order valence-electron chi connectivity index (χ2n) is 5.63. The van der Waals surface area contributed by atoms with Crippen LogP contribution in [0, 0.1) is 0 Å². The van der Waals surface area contributed by atoms with E-state index >= 15 is 0 Å². The SMILES string of the molecule is COc1ccccc1NC(C(=O)N1CCOCC1)c1ccccc1. The maximum atomic E-state index is 13.1. The predicted octanol–water partition coefficient (Wildman–Crippen LogP) is 2.71. The number of methoxy groups -OCH3 is 1. The summed E-state index contributed by atoms with van der Waals surface area (Å²) in [7, 11) is 1.63. The number of carbonyl (C=O) groups excluding carboxylic acids is 1. The van der Waals surface area contributed by atoms with Gasteiger partial charge in [0.1, 0.15) is 11.8 Å². The molecule has 3 rings (SSSR count). The van der Waals surface area contributed by atoms with Crippen LogP contribution in [0.3, 0.4) is 0 Å². The zero-order valence-electron chi connectivity index (χ0n) is 13.8. The third kappa shape index (κ3) is 3.68. The number of benzene rings is 2. The van der Waals surface area contributed by atoms with Crippen LogP contribution >= 0.6 is 0 Å². The Hall–Kier alpha value is -2.53. The number of nitrogens with zero attached hydrogens (tertiary/aromatic N) is 1. The van der Waals surface area contributed by atoms with Gasteiger partial charge in [0.2, 0.25) is 5.91 Å². The smallest absolute Gasteiger partial charge is 0.249 e. The molecule has 1 saturated heterocycles. The van der Waals surface area contributed by atoms with Crippen molar-refractivity contribution in [3.63, 3.8) is 0 Å². The average molecular weight is 326 g/mol. The molecule has 0 aromatic heterocycles. The molecule has 5 nitrogen and oxygen atoms in total. The number of hydrogen-bond acceptors (Lipinski definition) is 4. The molecule has 1 aliphatic heterocycles. The fourth-order valence-corrected chi connectivity index (χ4v) is 2.82. The molecule has 2 aromatic rings. The number of carbonyl (C=O) groups is 1. The van der Waals surface area contributed by atoms with Crippen molar-refractivity contribution in [3.8, 4) is 5.75 Å².